The number of aromatic nitrogens is 1. The summed E-state index contributed by atoms with van der Waals surface area (Å²) in [6.07, 6.45) is 6.77. The molecule has 0 fully saturated rings. The van der Waals surface area contributed by atoms with Crippen molar-refractivity contribution in [2.45, 2.75) is 126 Å². The van der Waals surface area contributed by atoms with Gasteiger partial charge in [-0.05, 0) is 81.3 Å². The van der Waals surface area contributed by atoms with Crippen LogP contribution in [0.2, 0.25) is 0 Å². The molecular formula is C47H58IrNO2-. The van der Waals surface area contributed by atoms with E-state index in [-0.39, 0.29) is 53.3 Å². The van der Waals surface area contributed by atoms with Crippen molar-refractivity contribution in [1.29, 1.82) is 0 Å². The maximum atomic E-state index is 12.2. The summed E-state index contributed by atoms with van der Waals surface area (Å²) in [5.41, 5.74) is 11.3. The van der Waals surface area contributed by atoms with Crippen molar-refractivity contribution < 1.29 is 30.0 Å². The molecule has 0 atom stereocenters. The number of carbonyl (C=O) groups is 1. The second-order valence-corrected chi connectivity index (χ2v) is 16.4. The van der Waals surface area contributed by atoms with E-state index in [0.29, 0.717) is 5.92 Å². The van der Waals surface area contributed by atoms with Gasteiger partial charge >= 0.3 is 0 Å². The summed E-state index contributed by atoms with van der Waals surface area (Å²) >= 11 is 0. The molecule has 3 nitrogen and oxygen atoms in total. The minimum absolute atomic E-state index is 0. The van der Waals surface area contributed by atoms with Crippen LogP contribution in [0.1, 0.15) is 143 Å². The summed E-state index contributed by atoms with van der Waals surface area (Å²) in [6.45, 7) is 26.1. The van der Waals surface area contributed by atoms with Crippen LogP contribution >= 0.6 is 0 Å². The molecule has 1 radical (unpaired) electrons. The van der Waals surface area contributed by atoms with E-state index in [0.717, 1.165) is 36.9 Å². The predicted molar refractivity (Wildman–Crippen MR) is 213 cm³/mol. The number of aliphatic hydroxyl groups excluding tert-OH is 1. The number of carbonyl (C=O) groups excluding carboxylic acids is 1. The zero-order valence-corrected chi connectivity index (χ0v) is 35.4. The maximum Gasteiger partial charge on any atom is 0.164 e. The minimum atomic E-state index is -0.337. The SMILES string of the molecule is CC(C)c1ccc2cnc(-c3[c-]ccc4c3C(C)(C)C3=C4C(C)(C)c4ccccc43)cc2c1.CCC(C)(CC)C(=O)/C=C(\O)C(C)(CC)CC.[Ir]. The van der Waals surface area contributed by atoms with E-state index in [4.69, 9.17) is 4.98 Å². The molecule has 3 aromatic carbocycles. The van der Waals surface area contributed by atoms with Gasteiger partial charge in [0, 0.05) is 48.6 Å². The Morgan fingerprint density at radius 1 is 0.824 bits per heavy atom. The predicted octanol–water partition coefficient (Wildman–Crippen LogP) is 13.0. The van der Waals surface area contributed by atoms with Crippen molar-refractivity contribution in [3.8, 4) is 11.3 Å². The first-order chi connectivity index (χ1) is 23.5. The Labute approximate surface area is 321 Å². The Kier molecular flexibility index (Phi) is 11.9. The van der Waals surface area contributed by atoms with Gasteiger partial charge in [-0.15, -0.1) is 29.3 Å². The Hall–Kier alpha value is -3.33. The summed E-state index contributed by atoms with van der Waals surface area (Å²) in [4.78, 5) is 17.1. The Balaban J connectivity index is 0.000000279. The number of hydrogen-bond acceptors (Lipinski definition) is 3. The van der Waals surface area contributed by atoms with Gasteiger partial charge in [0.1, 0.15) is 5.76 Å². The van der Waals surface area contributed by atoms with Crippen LogP contribution in [0.3, 0.4) is 0 Å². The number of allylic oxidation sites excluding steroid dienone is 4. The zero-order chi connectivity index (χ0) is 36.8. The Morgan fingerprint density at radius 2 is 1.43 bits per heavy atom. The molecule has 1 N–H and O–H groups in total. The van der Waals surface area contributed by atoms with Crippen LogP contribution in [-0.4, -0.2) is 15.9 Å². The number of aliphatic hydroxyl groups is 1. The molecular weight excluding hydrogens is 803 g/mol. The Morgan fingerprint density at radius 3 is 2.04 bits per heavy atom. The van der Waals surface area contributed by atoms with Gasteiger partial charge in [0.25, 0.3) is 0 Å². The Bertz CT molecular complexity index is 1980. The largest absolute Gasteiger partial charge is 0.512 e. The van der Waals surface area contributed by atoms with Crippen LogP contribution in [0.25, 0.3) is 33.2 Å². The second-order valence-electron chi connectivity index (χ2n) is 16.4. The quantitative estimate of drug-likeness (QED) is 0.104. The topological polar surface area (TPSA) is 50.2 Å². The minimum Gasteiger partial charge on any atom is -0.512 e. The molecule has 2 aliphatic rings. The zero-order valence-electron chi connectivity index (χ0n) is 33.0. The molecule has 0 amide bonds. The summed E-state index contributed by atoms with van der Waals surface area (Å²) in [7, 11) is 0. The number of pyridine rings is 1. The normalized spacial score (nSPS) is 15.9. The van der Waals surface area contributed by atoms with Crippen molar-refractivity contribution in [3.05, 3.63) is 113 Å². The van der Waals surface area contributed by atoms with Crippen LogP contribution in [0.5, 0.6) is 0 Å². The standard InChI is InChI=1S/C32H30N.C15H28O2.Ir/c1-19(2)20-14-15-21-18-33-27(17-22(21)16-20)24-11-9-12-25-28(24)32(5,6)29-23-10-7-8-13-26(23)31(3,4)30(25)29;1-7-14(5,8-2)12(16)11-13(17)15(6,9-3)10-4;/h7-10,12-19H,1-6H3;11,16H,7-10H2,1-6H3;/q-1;;/b;12-11-;. The molecule has 0 unspecified atom stereocenters. The van der Waals surface area contributed by atoms with Gasteiger partial charge < -0.3 is 10.1 Å². The van der Waals surface area contributed by atoms with E-state index in [2.05, 4.69) is 108 Å². The molecule has 4 heteroatoms. The summed E-state index contributed by atoms with van der Waals surface area (Å²) < 4.78 is 0. The van der Waals surface area contributed by atoms with Crippen LogP contribution in [0, 0.1) is 16.9 Å². The van der Waals surface area contributed by atoms with Gasteiger partial charge in [0.05, 0.1) is 0 Å². The van der Waals surface area contributed by atoms with Gasteiger partial charge in [-0.3, -0.25) is 4.79 Å². The van der Waals surface area contributed by atoms with Crippen molar-refractivity contribution in [2.75, 3.05) is 0 Å². The fourth-order valence-electron chi connectivity index (χ4n) is 7.97. The van der Waals surface area contributed by atoms with Gasteiger partial charge in [-0.1, -0.05) is 137 Å². The van der Waals surface area contributed by atoms with Crippen LogP contribution in [0.15, 0.2) is 78.7 Å². The first-order valence-electron chi connectivity index (χ1n) is 18.8. The summed E-state index contributed by atoms with van der Waals surface area (Å²) in [5.74, 6) is 0.792. The number of hydrogen-bond donors (Lipinski definition) is 1. The molecule has 273 valence electrons. The number of benzene rings is 3. The number of ketones is 1. The first-order valence-corrected chi connectivity index (χ1v) is 18.8. The molecule has 0 spiro atoms. The second kappa shape index (κ2) is 15.0. The maximum absolute atomic E-state index is 12.2. The fraction of sp³-hybridized carbons (Fsp3) is 0.447. The van der Waals surface area contributed by atoms with Crippen LogP contribution in [0.4, 0.5) is 0 Å². The average Bonchev–Trinajstić information content (AvgIpc) is 3.52. The molecule has 1 aromatic heterocycles. The molecule has 51 heavy (non-hydrogen) atoms. The molecule has 0 saturated carbocycles. The molecule has 2 aliphatic carbocycles. The monoisotopic (exact) mass is 861 g/mol. The number of rotatable bonds is 9. The summed E-state index contributed by atoms with van der Waals surface area (Å²) in [5, 5.41) is 12.6. The van der Waals surface area contributed by atoms with E-state index in [1.54, 1.807) is 0 Å². The van der Waals surface area contributed by atoms with Crippen molar-refractivity contribution in [2.24, 2.45) is 10.8 Å². The molecule has 0 aliphatic heterocycles. The van der Waals surface area contributed by atoms with Crippen LogP contribution < -0.4 is 0 Å². The third-order valence-electron chi connectivity index (χ3n) is 12.5. The van der Waals surface area contributed by atoms with E-state index in [1.807, 2.05) is 47.7 Å². The van der Waals surface area contributed by atoms with E-state index in [1.165, 1.54) is 55.8 Å². The van der Waals surface area contributed by atoms with Crippen molar-refractivity contribution >= 4 is 27.7 Å². The third-order valence-corrected chi connectivity index (χ3v) is 12.5. The summed E-state index contributed by atoms with van der Waals surface area (Å²) in [6, 6.07) is 25.9. The molecule has 1 heterocycles. The van der Waals surface area contributed by atoms with Gasteiger partial charge in [-0.2, -0.15) is 0 Å². The fourth-order valence-corrected chi connectivity index (χ4v) is 7.97. The smallest absolute Gasteiger partial charge is 0.164 e. The van der Waals surface area contributed by atoms with Crippen molar-refractivity contribution in [1.82, 2.24) is 4.98 Å². The number of nitrogens with zero attached hydrogens (tertiary/aromatic N) is 1. The molecule has 4 aromatic rings. The molecule has 0 saturated heterocycles. The molecule has 6 rings (SSSR count). The van der Waals surface area contributed by atoms with E-state index >= 15 is 0 Å². The molecule has 0 bridgehead atoms. The number of fused-ring (bicyclic) bond motifs is 5. The third kappa shape index (κ3) is 6.96. The van der Waals surface area contributed by atoms with Gasteiger partial charge in [0.15, 0.2) is 5.78 Å². The first kappa shape index (κ1) is 40.4. The van der Waals surface area contributed by atoms with E-state index < -0.39 is 0 Å². The van der Waals surface area contributed by atoms with Gasteiger partial charge in [-0.25, -0.2) is 0 Å². The van der Waals surface area contributed by atoms with E-state index in [9.17, 15) is 9.90 Å². The average molecular weight is 861 g/mol. The van der Waals surface area contributed by atoms with Gasteiger partial charge in [0.2, 0.25) is 0 Å². The van der Waals surface area contributed by atoms with Crippen molar-refractivity contribution in [3.63, 3.8) is 0 Å². The van der Waals surface area contributed by atoms with Crippen LogP contribution in [-0.2, 0) is 35.7 Å².